The van der Waals surface area contributed by atoms with Crippen LogP contribution in [0.5, 0.6) is 0 Å². The van der Waals surface area contributed by atoms with E-state index in [1.54, 1.807) is 12.1 Å². The number of carbonyl (C=O) groups is 4. The van der Waals surface area contributed by atoms with Gasteiger partial charge in [-0.3, -0.25) is 19.3 Å². The summed E-state index contributed by atoms with van der Waals surface area (Å²) in [4.78, 5) is 48.0. The number of fused-ring (bicyclic) bond motifs is 1. The largest absolute Gasteiger partial charge is 0.451 e. The molecule has 3 amide bonds. The summed E-state index contributed by atoms with van der Waals surface area (Å²) in [5.41, 5.74) is 5.48. The number of ether oxygens (including phenoxy) is 1. The molecule has 0 aromatic heterocycles. The van der Waals surface area contributed by atoms with E-state index in [0.717, 1.165) is 4.90 Å². The molecule has 0 saturated heterocycles. The molecule has 1 aromatic rings. The summed E-state index contributed by atoms with van der Waals surface area (Å²) in [5.74, 6) is -2.80. The predicted molar refractivity (Wildman–Crippen MR) is 71.2 cm³/mol. The van der Waals surface area contributed by atoms with Gasteiger partial charge in [-0.05, 0) is 26.0 Å². The number of benzene rings is 1. The summed E-state index contributed by atoms with van der Waals surface area (Å²) in [6.07, 6.45) is -1.13. The Bertz CT molecular complexity index is 605. The molecule has 2 rings (SSSR count). The predicted octanol–water partition coefficient (Wildman–Crippen LogP) is 0.0881. The van der Waals surface area contributed by atoms with E-state index in [1.807, 2.05) is 0 Å². The highest BCUT2D eigenvalue weighted by Crippen LogP contribution is 2.24. The topological polar surface area (TPSA) is 107 Å². The van der Waals surface area contributed by atoms with Crippen LogP contribution in [0.3, 0.4) is 0 Å². The van der Waals surface area contributed by atoms with Crippen LogP contribution in [0.25, 0.3) is 0 Å². The Morgan fingerprint density at radius 1 is 1.10 bits per heavy atom. The Kier molecular flexibility index (Phi) is 3.75. The third kappa shape index (κ3) is 2.49. The van der Waals surface area contributed by atoms with E-state index < -0.39 is 35.8 Å². The van der Waals surface area contributed by atoms with Crippen LogP contribution in [0.1, 0.15) is 34.6 Å². The number of esters is 1. The van der Waals surface area contributed by atoms with E-state index in [0.29, 0.717) is 0 Å². The number of amides is 3. The molecule has 0 bridgehead atoms. The summed E-state index contributed by atoms with van der Waals surface area (Å²) in [6, 6.07) is 5.15. The number of rotatable bonds is 4. The van der Waals surface area contributed by atoms with Crippen molar-refractivity contribution >= 4 is 23.7 Å². The van der Waals surface area contributed by atoms with Crippen LogP contribution in [-0.2, 0) is 14.3 Å². The Morgan fingerprint density at radius 3 is 2.00 bits per heavy atom. The van der Waals surface area contributed by atoms with E-state index >= 15 is 0 Å². The van der Waals surface area contributed by atoms with Crippen molar-refractivity contribution in [2.45, 2.75) is 26.0 Å². The number of nitrogens with zero attached hydrogens (tertiary/aromatic N) is 1. The Labute approximate surface area is 120 Å². The lowest BCUT2D eigenvalue weighted by Gasteiger charge is -2.22. The number of carbonyl (C=O) groups excluding carboxylic acids is 4. The fourth-order valence-corrected chi connectivity index (χ4v) is 2.00. The third-order valence-electron chi connectivity index (χ3n) is 3.25. The maximum Gasteiger partial charge on any atom is 0.329 e. The minimum atomic E-state index is -1.14. The molecule has 1 aromatic carbocycles. The number of primary amides is 1. The maximum atomic E-state index is 12.2. The smallest absolute Gasteiger partial charge is 0.329 e. The van der Waals surface area contributed by atoms with Gasteiger partial charge >= 0.3 is 5.97 Å². The van der Waals surface area contributed by atoms with Gasteiger partial charge in [0.2, 0.25) is 0 Å². The lowest BCUT2D eigenvalue weighted by atomic mass is 10.1. The van der Waals surface area contributed by atoms with Crippen molar-refractivity contribution in [1.29, 1.82) is 0 Å². The lowest BCUT2D eigenvalue weighted by molar-refractivity contribution is -0.157. The van der Waals surface area contributed by atoms with Gasteiger partial charge in [-0.25, -0.2) is 4.79 Å². The zero-order chi connectivity index (χ0) is 15.7. The van der Waals surface area contributed by atoms with E-state index in [-0.39, 0.29) is 11.1 Å². The van der Waals surface area contributed by atoms with Crippen molar-refractivity contribution in [3.8, 4) is 0 Å². The first kappa shape index (κ1) is 14.7. The van der Waals surface area contributed by atoms with Gasteiger partial charge in [0.15, 0.2) is 6.10 Å². The highest BCUT2D eigenvalue weighted by atomic mass is 16.5. The average Bonchev–Trinajstić information content (AvgIpc) is 2.70. The lowest BCUT2D eigenvalue weighted by Crippen LogP contribution is -2.45. The number of nitrogens with two attached hydrogens (primary N) is 1. The molecule has 110 valence electrons. The second kappa shape index (κ2) is 5.35. The van der Waals surface area contributed by atoms with Crippen LogP contribution in [0.15, 0.2) is 24.3 Å². The van der Waals surface area contributed by atoms with Crippen molar-refractivity contribution in [3.63, 3.8) is 0 Å². The quantitative estimate of drug-likeness (QED) is 0.624. The average molecular weight is 290 g/mol. The molecule has 1 heterocycles. The van der Waals surface area contributed by atoms with Crippen molar-refractivity contribution in [1.82, 2.24) is 4.90 Å². The molecule has 0 fully saturated rings. The molecule has 2 atom stereocenters. The van der Waals surface area contributed by atoms with Gasteiger partial charge < -0.3 is 10.5 Å². The molecule has 7 heteroatoms. The van der Waals surface area contributed by atoms with Gasteiger partial charge in [0.1, 0.15) is 6.04 Å². The molecule has 0 aliphatic carbocycles. The molecule has 0 radical (unpaired) electrons. The van der Waals surface area contributed by atoms with Crippen LogP contribution in [0.2, 0.25) is 0 Å². The molecule has 0 unspecified atom stereocenters. The van der Waals surface area contributed by atoms with Gasteiger partial charge in [0, 0.05) is 0 Å². The van der Waals surface area contributed by atoms with Crippen molar-refractivity contribution in [2.24, 2.45) is 5.73 Å². The summed E-state index contributed by atoms with van der Waals surface area (Å²) in [6.45, 7) is 2.67. The maximum absolute atomic E-state index is 12.2. The first-order chi connectivity index (χ1) is 9.84. The van der Waals surface area contributed by atoms with Gasteiger partial charge in [0.05, 0.1) is 11.1 Å². The SMILES string of the molecule is C[C@H](OC(=O)[C@@H](C)N1C(=O)c2ccccc2C1=O)C(N)=O. The second-order valence-electron chi connectivity index (χ2n) is 4.68. The molecule has 21 heavy (non-hydrogen) atoms. The summed E-state index contributed by atoms with van der Waals surface area (Å²) in [5, 5.41) is 0. The van der Waals surface area contributed by atoms with Crippen LogP contribution < -0.4 is 5.73 Å². The summed E-state index contributed by atoms with van der Waals surface area (Å²) < 4.78 is 4.82. The molecule has 7 nitrogen and oxygen atoms in total. The first-order valence-corrected chi connectivity index (χ1v) is 6.31. The zero-order valence-electron chi connectivity index (χ0n) is 11.5. The van der Waals surface area contributed by atoms with Crippen LogP contribution in [0.4, 0.5) is 0 Å². The minimum Gasteiger partial charge on any atom is -0.451 e. The van der Waals surface area contributed by atoms with Crippen molar-refractivity contribution in [3.05, 3.63) is 35.4 Å². The molecule has 0 spiro atoms. The van der Waals surface area contributed by atoms with Crippen molar-refractivity contribution in [2.75, 3.05) is 0 Å². The minimum absolute atomic E-state index is 0.241. The van der Waals surface area contributed by atoms with E-state index in [4.69, 9.17) is 10.5 Å². The number of imide groups is 1. The summed E-state index contributed by atoms with van der Waals surface area (Å²) in [7, 11) is 0. The van der Waals surface area contributed by atoms with Crippen LogP contribution in [0, 0.1) is 0 Å². The van der Waals surface area contributed by atoms with Crippen LogP contribution >= 0.6 is 0 Å². The van der Waals surface area contributed by atoms with E-state index in [1.165, 1.54) is 26.0 Å². The molecular formula is C14H14N2O5. The fraction of sp³-hybridized carbons (Fsp3) is 0.286. The normalized spacial score (nSPS) is 16.4. The second-order valence-corrected chi connectivity index (χ2v) is 4.68. The van der Waals surface area contributed by atoms with Gasteiger partial charge in [-0.1, -0.05) is 12.1 Å². The highest BCUT2D eigenvalue weighted by molar-refractivity contribution is 6.22. The zero-order valence-corrected chi connectivity index (χ0v) is 11.5. The van der Waals surface area contributed by atoms with Gasteiger partial charge in [-0.2, -0.15) is 0 Å². The standard InChI is InChI=1S/C14H14N2O5/c1-7(14(20)21-8(2)11(15)17)16-12(18)9-5-3-4-6-10(9)13(16)19/h3-8H,1-2H3,(H2,15,17)/t7-,8+/m1/s1. The Hall–Kier alpha value is -2.70. The van der Waals surface area contributed by atoms with Crippen LogP contribution in [-0.4, -0.2) is 40.7 Å². The molecule has 1 aliphatic rings. The molecular weight excluding hydrogens is 276 g/mol. The molecule has 2 N–H and O–H groups in total. The van der Waals surface area contributed by atoms with Crippen molar-refractivity contribution < 1.29 is 23.9 Å². The van der Waals surface area contributed by atoms with E-state index in [9.17, 15) is 19.2 Å². The molecule has 0 saturated carbocycles. The Morgan fingerprint density at radius 2 is 1.57 bits per heavy atom. The third-order valence-corrected chi connectivity index (χ3v) is 3.25. The van der Waals surface area contributed by atoms with Gasteiger partial charge in [-0.15, -0.1) is 0 Å². The Balaban J connectivity index is 2.20. The monoisotopic (exact) mass is 290 g/mol. The number of hydrogen-bond donors (Lipinski definition) is 1. The fourth-order valence-electron chi connectivity index (χ4n) is 2.00. The molecule has 1 aliphatic heterocycles. The highest BCUT2D eigenvalue weighted by Gasteiger charge is 2.41. The number of hydrogen-bond acceptors (Lipinski definition) is 5. The van der Waals surface area contributed by atoms with Gasteiger partial charge in [0.25, 0.3) is 17.7 Å². The summed E-state index contributed by atoms with van der Waals surface area (Å²) >= 11 is 0. The van der Waals surface area contributed by atoms with E-state index in [2.05, 4.69) is 0 Å². The first-order valence-electron chi connectivity index (χ1n) is 6.31.